The summed E-state index contributed by atoms with van der Waals surface area (Å²) in [6.45, 7) is 2.06. The van der Waals surface area contributed by atoms with Gasteiger partial charge in [0, 0.05) is 11.9 Å². The van der Waals surface area contributed by atoms with Gasteiger partial charge >= 0.3 is 0 Å². The fraction of sp³-hybridized carbons (Fsp3) is 0.105. The quantitative estimate of drug-likeness (QED) is 0.607. The van der Waals surface area contributed by atoms with Crippen LogP contribution in [0.3, 0.4) is 0 Å². The minimum atomic E-state index is -0.497. The van der Waals surface area contributed by atoms with Crippen molar-refractivity contribution in [2.45, 2.75) is 13.3 Å². The lowest BCUT2D eigenvalue weighted by Gasteiger charge is -2.11. The Morgan fingerprint density at radius 1 is 1.04 bits per heavy atom. The highest BCUT2D eigenvalue weighted by Crippen LogP contribution is 2.24. The molecule has 0 aliphatic rings. The van der Waals surface area contributed by atoms with Gasteiger partial charge in [-0.1, -0.05) is 31.2 Å². The number of nitrogens with one attached hydrogen (secondary N) is 1. The smallest absolute Gasteiger partial charge is 0.184 e. The Morgan fingerprint density at radius 2 is 1.88 bits per heavy atom. The van der Waals surface area contributed by atoms with Crippen LogP contribution in [0.25, 0.3) is 17.2 Å². The van der Waals surface area contributed by atoms with E-state index in [0.717, 1.165) is 23.3 Å². The number of benzene rings is 1. The molecular formula is C19H16FN5. The number of hydrogen-bond acceptors (Lipinski definition) is 4. The third-order valence-electron chi connectivity index (χ3n) is 4.04. The molecule has 0 unspecified atom stereocenters. The Bertz CT molecular complexity index is 1040. The zero-order valence-electron chi connectivity index (χ0n) is 13.6. The molecule has 4 rings (SSSR count). The van der Waals surface area contributed by atoms with Crippen LogP contribution in [0.1, 0.15) is 12.5 Å². The van der Waals surface area contributed by atoms with E-state index in [1.807, 2.05) is 53.1 Å². The molecule has 0 saturated carbocycles. The van der Waals surface area contributed by atoms with Gasteiger partial charge in [0.05, 0.1) is 12.4 Å². The third-order valence-corrected chi connectivity index (χ3v) is 4.04. The molecule has 5 nitrogen and oxygen atoms in total. The van der Waals surface area contributed by atoms with Crippen molar-refractivity contribution in [3.8, 4) is 11.5 Å². The second kappa shape index (κ2) is 6.32. The van der Waals surface area contributed by atoms with Crippen LogP contribution in [0, 0.1) is 5.82 Å². The highest BCUT2D eigenvalue weighted by Gasteiger charge is 2.13. The Kier molecular flexibility index (Phi) is 3.85. The molecular weight excluding hydrogens is 317 g/mol. The summed E-state index contributed by atoms with van der Waals surface area (Å²) in [5.41, 5.74) is 3.43. The van der Waals surface area contributed by atoms with Gasteiger partial charge in [-0.15, -0.1) is 0 Å². The average molecular weight is 333 g/mol. The number of rotatable bonds is 4. The van der Waals surface area contributed by atoms with Crippen LogP contribution in [0.4, 0.5) is 15.9 Å². The van der Waals surface area contributed by atoms with E-state index >= 15 is 0 Å². The molecule has 0 spiro atoms. The van der Waals surface area contributed by atoms with Gasteiger partial charge in [0.2, 0.25) is 0 Å². The largest absolute Gasteiger partial charge is 0.337 e. The molecule has 0 saturated heterocycles. The fourth-order valence-electron chi connectivity index (χ4n) is 2.75. The van der Waals surface area contributed by atoms with Crippen LogP contribution in [0.2, 0.25) is 0 Å². The molecule has 1 aromatic carbocycles. The normalized spacial score (nSPS) is 11.0. The van der Waals surface area contributed by atoms with E-state index in [1.165, 1.54) is 6.20 Å². The summed E-state index contributed by atoms with van der Waals surface area (Å²) in [4.78, 5) is 12.8. The third kappa shape index (κ3) is 2.82. The Hall–Kier alpha value is -3.28. The van der Waals surface area contributed by atoms with Crippen molar-refractivity contribution in [1.82, 2.24) is 19.4 Å². The van der Waals surface area contributed by atoms with E-state index in [9.17, 15) is 4.39 Å². The van der Waals surface area contributed by atoms with Crippen molar-refractivity contribution < 1.29 is 4.39 Å². The molecule has 0 radical (unpaired) electrons. The molecule has 0 amide bonds. The lowest BCUT2D eigenvalue weighted by molar-refractivity contribution is 0.619. The van der Waals surface area contributed by atoms with Gasteiger partial charge in [0.25, 0.3) is 0 Å². The standard InChI is InChI=1S/C19H16FN5/c1-2-13-7-3-4-8-15(13)23-18-14(20)11-22-19(24-18)16-12-21-17-9-5-6-10-25(16)17/h3-12H,2H2,1H3,(H,22,23,24). The van der Waals surface area contributed by atoms with Gasteiger partial charge in [-0.2, -0.15) is 0 Å². The predicted octanol–water partition coefficient (Wildman–Crippen LogP) is 4.24. The van der Waals surface area contributed by atoms with E-state index in [0.29, 0.717) is 11.5 Å². The summed E-state index contributed by atoms with van der Waals surface area (Å²) in [5.74, 6) is 0.0665. The number of halogens is 1. The SMILES string of the molecule is CCc1ccccc1Nc1nc(-c2cnc3ccccn23)ncc1F. The van der Waals surface area contributed by atoms with Crippen molar-refractivity contribution in [3.05, 3.63) is 72.4 Å². The summed E-state index contributed by atoms with van der Waals surface area (Å²) in [6, 6.07) is 13.5. The Morgan fingerprint density at radius 3 is 2.76 bits per heavy atom. The molecule has 0 bridgehead atoms. The van der Waals surface area contributed by atoms with E-state index in [4.69, 9.17) is 0 Å². The minimum absolute atomic E-state index is 0.150. The van der Waals surface area contributed by atoms with Crippen molar-refractivity contribution in [2.75, 3.05) is 5.32 Å². The molecule has 6 heteroatoms. The first-order valence-electron chi connectivity index (χ1n) is 8.06. The molecule has 3 aromatic heterocycles. The zero-order chi connectivity index (χ0) is 17.2. The highest BCUT2D eigenvalue weighted by molar-refractivity contribution is 5.64. The number of fused-ring (bicyclic) bond motifs is 1. The van der Waals surface area contributed by atoms with Gasteiger partial charge in [-0.05, 0) is 30.2 Å². The number of aryl methyl sites for hydroxylation is 1. The summed E-state index contributed by atoms with van der Waals surface area (Å²) in [6.07, 6.45) is 5.59. The van der Waals surface area contributed by atoms with Crippen molar-refractivity contribution >= 4 is 17.2 Å². The summed E-state index contributed by atoms with van der Waals surface area (Å²) >= 11 is 0. The maximum absolute atomic E-state index is 14.2. The average Bonchev–Trinajstić information content (AvgIpc) is 3.08. The molecule has 0 aliphatic heterocycles. The van der Waals surface area contributed by atoms with Crippen LogP contribution in [0.15, 0.2) is 61.1 Å². The van der Waals surface area contributed by atoms with Crippen molar-refractivity contribution in [2.24, 2.45) is 0 Å². The Labute approximate surface area is 144 Å². The summed E-state index contributed by atoms with van der Waals surface area (Å²) in [7, 11) is 0. The van der Waals surface area contributed by atoms with Crippen LogP contribution < -0.4 is 5.32 Å². The lowest BCUT2D eigenvalue weighted by Crippen LogP contribution is -2.03. The monoisotopic (exact) mass is 333 g/mol. The van der Waals surface area contributed by atoms with Crippen LogP contribution >= 0.6 is 0 Å². The molecule has 0 fully saturated rings. The number of nitrogens with zero attached hydrogens (tertiary/aromatic N) is 4. The number of hydrogen-bond donors (Lipinski definition) is 1. The number of anilines is 2. The maximum Gasteiger partial charge on any atom is 0.184 e. The second-order valence-corrected chi connectivity index (χ2v) is 5.60. The summed E-state index contributed by atoms with van der Waals surface area (Å²) in [5, 5.41) is 3.09. The summed E-state index contributed by atoms with van der Waals surface area (Å²) < 4.78 is 16.1. The minimum Gasteiger partial charge on any atom is -0.337 e. The molecule has 3 heterocycles. The lowest BCUT2D eigenvalue weighted by atomic mass is 10.1. The van der Waals surface area contributed by atoms with E-state index in [1.54, 1.807) is 6.20 Å². The van der Waals surface area contributed by atoms with Crippen molar-refractivity contribution in [1.29, 1.82) is 0 Å². The van der Waals surface area contributed by atoms with E-state index < -0.39 is 5.82 Å². The van der Waals surface area contributed by atoms with Gasteiger partial charge < -0.3 is 5.32 Å². The fourth-order valence-corrected chi connectivity index (χ4v) is 2.75. The highest BCUT2D eigenvalue weighted by atomic mass is 19.1. The predicted molar refractivity (Wildman–Crippen MR) is 95.3 cm³/mol. The maximum atomic E-state index is 14.2. The molecule has 25 heavy (non-hydrogen) atoms. The first kappa shape index (κ1) is 15.3. The van der Waals surface area contributed by atoms with Gasteiger partial charge in [-0.25, -0.2) is 19.3 Å². The molecule has 1 N–H and O–H groups in total. The molecule has 0 aliphatic carbocycles. The van der Waals surface area contributed by atoms with Gasteiger partial charge in [0.1, 0.15) is 11.3 Å². The van der Waals surface area contributed by atoms with Gasteiger partial charge in [0.15, 0.2) is 17.5 Å². The topological polar surface area (TPSA) is 55.1 Å². The number of aromatic nitrogens is 4. The van der Waals surface area contributed by atoms with Crippen molar-refractivity contribution in [3.63, 3.8) is 0 Å². The second-order valence-electron chi connectivity index (χ2n) is 5.60. The Balaban J connectivity index is 1.76. The molecule has 124 valence electrons. The van der Waals surface area contributed by atoms with E-state index in [-0.39, 0.29) is 5.82 Å². The van der Waals surface area contributed by atoms with Crippen LogP contribution in [-0.4, -0.2) is 19.4 Å². The number of para-hydroxylation sites is 1. The van der Waals surface area contributed by atoms with Crippen LogP contribution in [0.5, 0.6) is 0 Å². The number of pyridine rings is 1. The molecule has 4 aromatic rings. The first-order valence-corrected chi connectivity index (χ1v) is 8.06. The number of imidazole rings is 1. The zero-order valence-corrected chi connectivity index (χ0v) is 13.6. The van der Waals surface area contributed by atoms with Crippen LogP contribution in [-0.2, 0) is 6.42 Å². The molecule has 0 atom stereocenters. The first-order chi connectivity index (χ1) is 12.3. The van der Waals surface area contributed by atoms with E-state index in [2.05, 4.69) is 27.2 Å². The van der Waals surface area contributed by atoms with Gasteiger partial charge in [-0.3, -0.25) is 4.40 Å².